The van der Waals surface area contributed by atoms with Crippen LogP contribution in [0.4, 0.5) is 0 Å². The van der Waals surface area contributed by atoms with E-state index in [1.54, 1.807) is 6.92 Å². The Hall–Kier alpha value is -1.10. The number of hydrogen-bond acceptors (Lipinski definition) is 3. The summed E-state index contributed by atoms with van der Waals surface area (Å²) in [5.74, 6) is 1.51. The predicted octanol–water partition coefficient (Wildman–Crippen LogP) is 1.48. The SMILES string of the molecule is CC(=O)N1CCN([C@H](C)C(=O)N[C@@H]2CCC[C@@H](C)[C@H]2C)CC1. The first-order valence-corrected chi connectivity index (χ1v) is 8.70. The van der Waals surface area contributed by atoms with Crippen LogP contribution in [0.5, 0.6) is 0 Å². The number of carbonyl (C=O) groups is 2. The Kier molecular flexibility index (Phi) is 5.84. The molecule has 5 heteroatoms. The van der Waals surface area contributed by atoms with Crippen LogP contribution in [0.1, 0.15) is 47.0 Å². The molecular formula is C17H31N3O2. The first-order chi connectivity index (χ1) is 10.4. The number of carbonyl (C=O) groups excluding carboxylic acids is 2. The molecule has 1 saturated heterocycles. The second kappa shape index (κ2) is 7.44. The zero-order chi connectivity index (χ0) is 16.3. The Balaban J connectivity index is 1.83. The average Bonchev–Trinajstić information content (AvgIpc) is 2.51. The zero-order valence-electron chi connectivity index (χ0n) is 14.5. The Morgan fingerprint density at radius 3 is 2.32 bits per heavy atom. The first kappa shape index (κ1) is 17.3. The van der Waals surface area contributed by atoms with Crippen molar-refractivity contribution in [2.45, 2.75) is 59.0 Å². The maximum absolute atomic E-state index is 12.5. The number of piperazine rings is 1. The molecule has 2 amide bonds. The van der Waals surface area contributed by atoms with E-state index >= 15 is 0 Å². The summed E-state index contributed by atoms with van der Waals surface area (Å²) in [6, 6.07) is 0.204. The second-order valence-electron chi connectivity index (χ2n) is 7.10. The molecule has 0 bridgehead atoms. The van der Waals surface area contributed by atoms with E-state index < -0.39 is 0 Å². The van der Waals surface area contributed by atoms with E-state index in [4.69, 9.17) is 0 Å². The summed E-state index contributed by atoms with van der Waals surface area (Å²) < 4.78 is 0. The Labute approximate surface area is 134 Å². The van der Waals surface area contributed by atoms with E-state index in [1.165, 1.54) is 12.8 Å². The van der Waals surface area contributed by atoms with Gasteiger partial charge in [-0.2, -0.15) is 0 Å². The van der Waals surface area contributed by atoms with Crippen molar-refractivity contribution in [3.8, 4) is 0 Å². The van der Waals surface area contributed by atoms with E-state index in [2.05, 4.69) is 24.1 Å². The molecule has 0 radical (unpaired) electrons. The van der Waals surface area contributed by atoms with Crippen LogP contribution in [0.15, 0.2) is 0 Å². The van der Waals surface area contributed by atoms with E-state index in [9.17, 15) is 9.59 Å². The smallest absolute Gasteiger partial charge is 0.237 e. The fourth-order valence-corrected chi connectivity index (χ4v) is 3.68. The Morgan fingerprint density at radius 1 is 1.09 bits per heavy atom. The maximum Gasteiger partial charge on any atom is 0.237 e. The van der Waals surface area contributed by atoms with Gasteiger partial charge in [-0.15, -0.1) is 0 Å². The highest BCUT2D eigenvalue weighted by atomic mass is 16.2. The van der Waals surface area contributed by atoms with Gasteiger partial charge in [-0.1, -0.05) is 26.7 Å². The summed E-state index contributed by atoms with van der Waals surface area (Å²) in [5.41, 5.74) is 0. The minimum Gasteiger partial charge on any atom is -0.352 e. The van der Waals surface area contributed by atoms with Gasteiger partial charge >= 0.3 is 0 Å². The van der Waals surface area contributed by atoms with Gasteiger partial charge in [0.15, 0.2) is 0 Å². The molecule has 1 aliphatic carbocycles. The lowest BCUT2D eigenvalue weighted by Gasteiger charge is -2.39. The van der Waals surface area contributed by atoms with Crippen LogP contribution in [0.2, 0.25) is 0 Å². The lowest BCUT2D eigenvalue weighted by atomic mass is 9.78. The monoisotopic (exact) mass is 309 g/mol. The molecule has 4 atom stereocenters. The van der Waals surface area contributed by atoms with Crippen LogP contribution >= 0.6 is 0 Å². The Morgan fingerprint density at radius 2 is 1.73 bits per heavy atom. The van der Waals surface area contributed by atoms with E-state index in [-0.39, 0.29) is 17.9 Å². The van der Waals surface area contributed by atoms with E-state index in [1.807, 2.05) is 11.8 Å². The third-order valence-electron chi connectivity index (χ3n) is 5.72. The van der Waals surface area contributed by atoms with Gasteiger partial charge in [-0.25, -0.2) is 0 Å². The molecule has 0 spiro atoms. The quantitative estimate of drug-likeness (QED) is 0.859. The van der Waals surface area contributed by atoms with Crippen molar-refractivity contribution in [1.82, 2.24) is 15.1 Å². The minimum atomic E-state index is -0.112. The predicted molar refractivity (Wildman–Crippen MR) is 87.4 cm³/mol. The van der Waals surface area contributed by atoms with Crippen LogP contribution in [0.25, 0.3) is 0 Å². The van der Waals surface area contributed by atoms with Gasteiger partial charge in [-0.05, 0) is 25.2 Å². The molecule has 0 aromatic heterocycles. The zero-order valence-corrected chi connectivity index (χ0v) is 14.5. The molecule has 126 valence electrons. The summed E-state index contributed by atoms with van der Waals surface area (Å²) in [6.07, 6.45) is 3.58. The van der Waals surface area contributed by atoms with Crippen LogP contribution in [-0.4, -0.2) is 59.9 Å². The molecule has 5 nitrogen and oxygen atoms in total. The largest absolute Gasteiger partial charge is 0.352 e. The molecule has 22 heavy (non-hydrogen) atoms. The van der Waals surface area contributed by atoms with Gasteiger partial charge in [-0.3, -0.25) is 14.5 Å². The fraction of sp³-hybridized carbons (Fsp3) is 0.882. The summed E-state index contributed by atoms with van der Waals surface area (Å²) >= 11 is 0. The molecule has 1 heterocycles. The molecule has 2 rings (SSSR count). The van der Waals surface area contributed by atoms with Crippen molar-refractivity contribution < 1.29 is 9.59 Å². The third-order valence-corrected chi connectivity index (χ3v) is 5.72. The van der Waals surface area contributed by atoms with Gasteiger partial charge in [0.2, 0.25) is 11.8 Å². The normalized spacial score (nSPS) is 31.6. The third kappa shape index (κ3) is 4.00. The van der Waals surface area contributed by atoms with Crippen molar-refractivity contribution in [3.63, 3.8) is 0 Å². The van der Waals surface area contributed by atoms with Gasteiger partial charge in [0, 0.05) is 39.1 Å². The number of nitrogens with zero attached hydrogens (tertiary/aromatic N) is 2. The molecule has 0 aromatic rings. The van der Waals surface area contributed by atoms with Crippen LogP contribution < -0.4 is 5.32 Å². The lowest BCUT2D eigenvalue weighted by Crippen LogP contribution is -2.56. The van der Waals surface area contributed by atoms with Crippen LogP contribution in [0, 0.1) is 11.8 Å². The lowest BCUT2D eigenvalue weighted by molar-refractivity contribution is -0.132. The molecule has 2 aliphatic rings. The van der Waals surface area contributed by atoms with Gasteiger partial charge < -0.3 is 10.2 Å². The maximum atomic E-state index is 12.5. The van der Waals surface area contributed by atoms with Crippen molar-refractivity contribution in [3.05, 3.63) is 0 Å². The summed E-state index contributed by atoms with van der Waals surface area (Å²) in [7, 11) is 0. The minimum absolute atomic E-state index is 0.112. The average molecular weight is 309 g/mol. The summed E-state index contributed by atoms with van der Waals surface area (Å²) in [6.45, 7) is 11.1. The first-order valence-electron chi connectivity index (χ1n) is 8.70. The van der Waals surface area contributed by atoms with Crippen molar-refractivity contribution in [2.24, 2.45) is 11.8 Å². The van der Waals surface area contributed by atoms with E-state index in [0.29, 0.717) is 17.9 Å². The fourth-order valence-electron chi connectivity index (χ4n) is 3.68. The van der Waals surface area contributed by atoms with Crippen molar-refractivity contribution in [2.75, 3.05) is 26.2 Å². The standard InChI is InChI=1S/C17H31N3O2/c1-12-6-5-7-16(13(12)2)18-17(22)14(3)19-8-10-20(11-9-19)15(4)21/h12-14,16H,5-11H2,1-4H3,(H,18,22)/t12-,13-,14-,16-/m1/s1. The molecule has 1 N–H and O–H groups in total. The van der Waals surface area contributed by atoms with Gasteiger partial charge in [0.1, 0.15) is 0 Å². The molecule has 0 unspecified atom stereocenters. The molecule has 0 aromatic carbocycles. The topological polar surface area (TPSA) is 52.7 Å². The van der Waals surface area contributed by atoms with Gasteiger partial charge in [0.05, 0.1) is 6.04 Å². The van der Waals surface area contributed by atoms with E-state index in [0.717, 1.165) is 32.6 Å². The highest BCUT2D eigenvalue weighted by Crippen LogP contribution is 2.29. The van der Waals surface area contributed by atoms with Gasteiger partial charge in [0.25, 0.3) is 0 Å². The molecule has 1 aliphatic heterocycles. The van der Waals surface area contributed by atoms with Crippen molar-refractivity contribution in [1.29, 1.82) is 0 Å². The highest BCUT2D eigenvalue weighted by Gasteiger charge is 2.31. The Bertz CT molecular complexity index is 405. The number of amides is 2. The van der Waals surface area contributed by atoms with Crippen molar-refractivity contribution >= 4 is 11.8 Å². The number of rotatable bonds is 3. The number of hydrogen-bond donors (Lipinski definition) is 1. The molecular weight excluding hydrogens is 278 g/mol. The molecule has 2 fully saturated rings. The molecule has 1 saturated carbocycles. The highest BCUT2D eigenvalue weighted by molar-refractivity contribution is 5.81. The van der Waals surface area contributed by atoms with Crippen LogP contribution in [-0.2, 0) is 9.59 Å². The number of nitrogens with one attached hydrogen (secondary N) is 1. The summed E-state index contributed by atoms with van der Waals surface area (Å²) in [5, 5.41) is 3.27. The summed E-state index contributed by atoms with van der Waals surface area (Å²) in [4.78, 5) is 28.0. The van der Waals surface area contributed by atoms with Crippen LogP contribution in [0.3, 0.4) is 0 Å². The second-order valence-corrected chi connectivity index (χ2v) is 7.10.